The van der Waals surface area contributed by atoms with Gasteiger partial charge in [-0.15, -0.1) is 0 Å². The SMILES string of the molecule is O=CC1=C2C=NC=C2C=N1. The van der Waals surface area contributed by atoms with Gasteiger partial charge in [0.1, 0.15) is 5.70 Å². The standard InChI is InChI=1S/C7H4N2O/c10-4-7-6-3-8-1-5(6)2-9-7/h1-4H. The molecule has 0 atom stereocenters. The maximum Gasteiger partial charge on any atom is 0.169 e. The molecule has 10 heavy (non-hydrogen) atoms. The van der Waals surface area contributed by atoms with Gasteiger partial charge in [-0.3, -0.25) is 14.8 Å². The van der Waals surface area contributed by atoms with Crippen molar-refractivity contribution in [3.8, 4) is 0 Å². The van der Waals surface area contributed by atoms with E-state index in [1.807, 2.05) is 0 Å². The molecule has 48 valence electrons. The summed E-state index contributed by atoms with van der Waals surface area (Å²) in [6.07, 6.45) is 5.72. The van der Waals surface area contributed by atoms with Crippen molar-refractivity contribution in [1.82, 2.24) is 0 Å². The van der Waals surface area contributed by atoms with Crippen LogP contribution in [0.3, 0.4) is 0 Å². The molecule has 0 spiro atoms. The van der Waals surface area contributed by atoms with Crippen molar-refractivity contribution >= 4 is 18.7 Å². The molecule has 2 heterocycles. The number of allylic oxidation sites excluding steroid dienone is 3. The molecule has 2 rings (SSSR count). The van der Waals surface area contributed by atoms with Gasteiger partial charge in [0.25, 0.3) is 0 Å². The lowest BCUT2D eigenvalue weighted by molar-refractivity contribution is -0.104. The highest BCUT2D eigenvalue weighted by Gasteiger charge is 2.15. The normalized spacial score (nSPS) is 19.8. The Morgan fingerprint density at radius 2 is 2.30 bits per heavy atom. The van der Waals surface area contributed by atoms with E-state index in [1.54, 1.807) is 18.6 Å². The highest BCUT2D eigenvalue weighted by atomic mass is 16.1. The zero-order chi connectivity index (χ0) is 6.97. The zero-order valence-corrected chi connectivity index (χ0v) is 5.11. The molecule has 0 bridgehead atoms. The highest BCUT2D eigenvalue weighted by Crippen LogP contribution is 2.21. The molecule has 0 N–H and O–H groups in total. The molecular weight excluding hydrogens is 128 g/mol. The van der Waals surface area contributed by atoms with Crippen LogP contribution in [0.4, 0.5) is 0 Å². The van der Waals surface area contributed by atoms with Crippen molar-refractivity contribution in [2.24, 2.45) is 9.98 Å². The molecule has 0 saturated heterocycles. The van der Waals surface area contributed by atoms with Crippen LogP contribution in [0.1, 0.15) is 0 Å². The number of carbonyl (C=O) groups is 1. The average Bonchev–Trinajstić information content (AvgIpc) is 2.44. The van der Waals surface area contributed by atoms with Crippen molar-refractivity contribution in [3.05, 3.63) is 23.0 Å². The predicted molar refractivity (Wildman–Crippen MR) is 38.2 cm³/mol. The van der Waals surface area contributed by atoms with Gasteiger partial charge in [0.15, 0.2) is 6.29 Å². The Hall–Kier alpha value is -1.51. The highest BCUT2D eigenvalue weighted by molar-refractivity contribution is 6.09. The van der Waals surface area contributed by atoms with Gasteiger partial charge in [0, 0.05) is 29.8 Å². The maximum atomic E-state index is 10.3. The van der Waals surface area contributed by atoms with E-state index in [0.29, 0.717) is 5.70 Å². The summed E-state index contributed by atoms with van der Waals surface area (Å²) < 4.78 is 0. The first-order chi connectivity index (χ1) is 4.92. The Labute approximate surface area is 57.5 Å². The minimum atomic E-state index is 0.479. The molecule has 2 aliphatic heterocycles. The minimum Gasteiger partial charge on any atom is -0.296 e. The molecular formula is C7H4N2O. The van der Waals surface area contributed by atoms with E-state index in [0.717, 1.165) is 17.4 Å². The second-order valence-electron chi connectivity index (χ2n) is 2.04. The Morgan fingerprint density at radius 1 is 1.40 bits per heavy atom. The van der Waals surface area contributed by atoms with Crippen LogP contribution in [0.25, 0.3) is 0 Å². The predicted octanol–water partition coefficient (Wildman–Crippen LogP) is 0.492. The van der Waals surface area contributed by atoms with Crippen LogP contribution in [0, 0.1) is 0 Å². The van der Waals surface area contributed by atoms with E-state index >= 15 is 0 Å². The number of aliphatic imine (C=N–C) groups is 2. The first-order valence-corrected chi connectivity index (χ1v) is 2.89. The molecule has 0 unspecified atom stereocenters. The van der Waals surface area contributed by atoms with E-state index in [2.05, 4.69) is 9.98 Å². The van der Waals surface area contributed by atoms with E-state index in [1.165, 1.54) is 0 Å². The van der Waals surface area contributed by atoms with Crippen LogP contribution in [-0.2, 0) is 4.79 Å². The summed E-state index contributed by atoms with van der Waals surface area (Å²) in [6, 6.07) is 0. The van der Waals surface area contributed by atoms with Gasteiger partial charge in [0.05, 0.1) is 0 Å². The second-order valence-corrected chi connectivity index (χ2v) is 2.04. The van der Waals surface area contributed by atoms with Gasteiger partial charge in [-0.25, -0.2) is 0 Å². The summed E-state index contributed by atoms with van der Waals surface area (Å²) in [7, 11) is 0. The number of hydrogen-bond acceptors (Lipinski definition) is 3. The Kier molecular flexibility index (Phi) is 0.917. The monoisotopic (exact) mass is 132 g/mol. The maximum absolute atomic E-state index is 10.3. The van der Waals surface area contributed by atoms with Crippen LogP contribution in [0.15, 0.2) is 33.0 Å². The average molecular weight is 132 g/mol. The van der Waals surface area contributed by atoms with Crippen molar-refractivity contribution in [1.29, 1.82) is 0 Å². The molecule has 2 aliphatic rings. The van der Waals surface area contributed by atoms with Crippen LogP contribution >= 0.6 is 0 Å². The fourth-order valence-corrected chi connectivity index (χ4v) is 0.956. The number of nitrogens with zero attached hydrogens (tertiary/aromatic N) is 2. The van der Waals surface area contributed by atoms with Crippen LogP contribution in [0.5, 0.6) is 0 Å². The number of hydrogen-bond donors (Lipinski definition) is 0. The van der Waals surface area contributed by atoms with Crippen molar-refractivity contribution < 1.29 is 4.79 Å². The lowest BCUT2D eigenvalue weighted by atomic mass is 10.1. The fraction of sp³-hybridized carbons (Fsp3) is 0. The summed E-state index contributed by atoms with van der Waals surface area (Å²) in [5.74, 6) is 0. The lowest BCUT2D eigenvalue weighted by Crippen LogP contribution is -1.85. The number of rotatable bonds is 1. The van der Waals surface area contributed by atoms with Gasteiger partial charge in [-0.2, -0.15) is 0 Å². The first kappa shape index (κ1) is 5.29. The van der Waals surface area contributed by atoms with Crippen LogP contribution < -0.4 is 0 Å². The third-order valence-corrected chi connectivity index (χ3v) is 1.46. The summed E-state index contributed by atoms with van der Waals surface area (Å²) >= 11 is 0. The van der Waals surface area contributed by atoms with Crippen LogP contribution in [0.2, 0.25) is 0 Å². The molecule has 3 nitrogen and oxygen atoms in total. The Morgan fingerprint density at radius 3 is 3.10 bits per heavy atom. The van der Waals surface area contributed by atoms with Crippen molar-refractivity contribution in [2.75, 3.05) is 0 Å². The van der Waals surface area contributed by atoms with Crippen molar-refractivity contribution in [3.63, 3.8) is 0 Å². The number of aldehydes is 1. The van der Waals surface area contributed by atoms with E-state index in [9.17, 15) is 4.79 Å². The molecule has 0 fully saturated rings. The molecule has 0 amide bonds. The van der Waals surface area contributed by atoms with Crippen molar-refractivity contribution in [2.45, 2.75) is 0 Å². The number of fused-ring (bicyclic) bond motifs is 1. The van der Waals surface area contributed by atoms with E-state index in [4.69, 9.17) is 0 Å². The van der Waals surface area contributed by atoms with E-state index < -0.39 is 0 Å². The zero-order valence-electron chi connectivity index (χ0n) is 5.11. The molecule has 3 heteroatoms. The van der Waals surface area contributed by atoms with Gasteiger partial charge in [-0.1, -0.05) is 0 Å². The Bertz CT molecular complexity index is 308. The first-order valence-electron chi connectivity index (χ1n) is 2.89. The molecule has 0 radical (unpaired) electrons. The Balaban J connectivity index is 2.59. The largest absolute Gasteiger partial charge is 0.296 e. The topological polar surface area (TPSA) is 41.8 Å². The smallest absolute Gasteiger partial charge is 0.169 e. The lowest BCUT2D eigenvalue weighted by Gasteiger charge is -1.85. The molecule has 0 aromatic rings. The summed E-state index contributed by atoms with van der Waals surface area (Å²) in [4.78, 5) is 18.0. The summed E-state index contributed by atoms with van der Waals surface area (Å²) in [6.45, 7) is 0. The van der Waals surface area contributed by atoms with Gasteiger partial charge in [0.2, 0.25) is 0 Å². The molecule has 0 aliphatic carbocycles. The molecule has 0 saturated carbocycles. The number of carbonyl (C=O) groups excluding carboxylic acids is 1. The fourth-order valence-electron chi connectivity index (χ4n) is 0.956. The third kappa shape index (κ3) is 0.515. The second kappa shape index (κ2) is 1.73. The molecule has 0 aromatic heterocycles. The summed E-state index contributed by atoms with van der Waals surface area (Å²) in [5.41, 5.74) is 2.25. The van der Waals surface area contributed by atoms with Gasteiger partial charge in [-0.05, 0) is 0 Å². The van der Waals surface area contributed by atoms with Crippen LogP contribution in [-0.4, -0.2) is 18.7 Å². The third-order valence-electron chi connectivity index (χ3n) is 1.46. The minimum absolute atomic E-state index is 0.479. The van der Waals surface area contributed by atoms with E-state index in [-0.39, 0.29) is 0 Å². The van der Waals surface area contributed by atoms with Gasteiger partial charge < -0.3 is 0 Å². The summed E-state index contributed by atoms with van der Waals surface area (Å²) in [5, 5.41) is 0. The molecule has 0 aromatic carbocycles. The van der Waals surface area contributed by atoms with Gasteiger partial charge >= 0.3 is 0 Å². The quantitative estimate of drug-likeness (QED) is 0.479.